The van der Waals surface area contributed by atoms with Crippen LogP contribution in [0.5, 0.6) is 5.75 Å². The quantitative estimate of drug-likeness (QED) is 0.830. The second-order valence-corrected chi connectivity index (χ2v) is 5.00. The fraction of sp³-hybridized carbons (Fsp3) is 0.571. The molecule has 2 nitrogen and oxygen atoms in total. The zero-order valence-electron chi connectivity index (χ0n) is 10.7. The molecular weight excluding hydrogens is 200 g/mol. The Balaban J connectivity index is 2.91. The molecule has 1 aromatic rings. The van der Waals surface area contributed by atoms with E-state index in [0.29, 0.717) is 0 Å². The minimum Gasteiger partial charge on any atom is -0.496 e. The normalized spacial score (nSPS) is 11.6. The van der Waals surface area contributed by atoms with E-state index in [4.69, 9.17) is 4.74 Å². The van der Waals surface area contributed by atoms with E-state index >= 15 is 0 Å². The topological polar surface area (TPSA) is 29.5 Å². The van der Waals surface area contributed by atoms with Crippen LogP contribution in [0, 0.1) is 5.41 Å². The first-order chi connectivity index (χ1) is 7.52. The van der Waals surface area contributed by atoms with E-state index in [2.05, 4.69) is 32.9 Å². The molecule has 1 aromatic carbocycles. The number of methoxy groups -OCH3 is 1. The van der Waals surface area contributed by atoms with E-state index in [0.717, 1.165) is 18.6 Å². The molecule has 1 N–H and O–H groups in total. The molecule has 90 valence electrons. The van der Waals surface area contributed by atoms with Crippen LogP contribution in [0.2, 0.25) is 0 Å². The highest BCUT2D eigenvalue weighted by molar-refractivity contribution is 5.37. The van der Waals surface area contributed by atoms with Gasteiger partial charge in [0.2, 0.25) is 0 Å². The van der Waals surface area contributed by atoms with Gasteiger partial charge in [0.25, 0.3) is 0 Å². The van der Waals surface area contributed by atoms with Gasteiger partial charge in [-0.05, 0) is 35.4 Å². The molecule has 0 spiro atoms. The van der Waals surface area contributed by atoms with Crippen LogP contribution in [0.25, 0.3) is 0 Å². The fourth-order valence-corrected chi connectivity index (χ4v) is 1.83. The Labute approximate surface area is 98.3 Å². The third-order valence-corrected chi connectivity index (χ3v) is 2.84. The van der Waals surface area contributed by atoms with Gasteiger partial charge in [0, 0.05) is 6.61 Å². The van der Waals surface area contributed by atoms with Crippen molar-refractivity contribution >= 4 is 0 Å². The molecule has 0 saturated heterocycles. The third-order valence-electron chi connectivity index (χ3n) is 2.84. The van der Waals surface area contributed by atoms with E-state index in [1.165, 1.54) is 11.1 Å². The molecule has 0 bridgehead atoms. The zero-order valence-corrected chi connectivity index (χ0v) is 10.7. The van der Waals surface area contributed by atoms with Gasteiger partial charge in [-0.15, -0.1) is 0 Å². The van der Waals surface area contributed by atoms with Crippen molar-refractivity contribution in [1.82, 2.24) is 0 Å². The molecule has 0 aromatic heterocycles. The molecule has 1 rings (SSSR count). The molecule has 0 saturated carbocycles. The molecule has 0 amide bonds. The van der Waals surface area contributed by atoms with Gasteiger partial charge in [0.05, 0.1) is 7.11 Å². The van der Waals surface area contributed by atoms with E-state index < -0.39 is 0 Å². The Bertz CT molecular complexity index is 343. The number of hydrogen-bond acceptors (Lipinski definition) is 2. The van der Waals surface area contributed by atoms with E-state index in [9.17, 15) is 5.11 Å². The van der Waals surface area contributed by atoms with Crippen LogP contribution < -0.4 is 4.74 Å². The first kappa shape index (κ1) is 13.0. The summed E-state index contributed by atoms with van der Waals surface area (Å²) in [5, 5.41) is 9.26. The SMILES string of the molecule is CCc1cc(CC(C)(C)CO)ccc1OC. The van der Waals surface area contributed by atoms with Crippen molar-refractivity contribution in [3.63, 3.8) is 0 Å². The average Bonchev–Trinajstić information content (AvgIpc) is 2.28. The largest absolute Gasteiger partial charge is 0.496 e. The molecule has 0 radical (unpaired) electrons. The molecule has 0 unspecified atom stereocenters. The van der Waals surface area contributed by atoms with Crippen LogP contribution in [-0.4, -0.2) is 18.8 Å². The lowest BCUT2D eigenvalue weighted by Crippen LogP contribution is -2.19. The summed E-state index contributed by atoms with van der Waals surface area (Å²) in [6.45, 7) is 6.48. The number of benzene rings is 1. The van der Waals surface area contributed by atoms with Crippen LogP contribution in [0.3, 0.4) is 0 Å². The maximum absolute atomic E-state index is 9.26. The molecule has 0 atom stereocenters. The summed E-state index contributed by atoms with van der Waals surface area (Å²) in [7, 11) is 1.70. The second-order valence-electron chi connectivity index (χ2n) is 5.00. The summed E-state index contributed by atoms with van der Waals surface area (Å²) >= 11 is 0. The van der Waals surface area contributed by atoms with Crippen molar-refractivity contribution in [1.29, 1.82) is 0 Å². The lowest BCUT2D eigenvalue weighted by atomic mass is 9.86. The Morgan fingerprint density at radius 1 is 1.31 bits per heavy atom. The average molecular weight is 222 g/mol. The van der Waals surface area contributed by atoms with Gasteiger partial charge < -0.3 is 9.84 Å². The second kappa shape index (κ2) is 5.35. The van der Waals surface area contributed by atoms with E-state index in [1.807, 2.05) is 6.07 Å². The Kier molecular flexibility index (Phi) is 4.36. The van der Waals surface area contributed by atoms with Crippen molar-refractivity contribution in [3.05, 3.63) is 29.3 Å². The van der Waals surface area contributed by atoms with Gasteiger partial charge in [0.15, 0.2) is 0 Å². The number of hydrogen-bond donors (Lipinski definition) is 1. The molecule has 2 heteroatoms. The van der Waals surface area contributed by atoms with Crippen LogP contribution in [0.4, 0.5) is 0 Å². The molecule has 0 fully saturated rings. The van der Waals surface area contributed by atoms with Gasteiger partial charge >= 0.3 is 0 Å². The maximum Gasteiger partial charge on any atom is 0.122 e. The van der Waals surface area contributed by atoms with Crippen molar-refractivity contribution in [2.24, 2.45) is 5.41 Å². The standard InChI is InChI=1S/C14H22O2/c1-5-12-8-11(6-7-13(12)16-4)9-14(2,3)10-15/h6-8,15H,5,9-10H2,1-4H3. The molecule has 0 heterocycles. The van der Waals surface area contributed by atoms with Gasteiger partial charge in [-0.3, -0.25) is 0 Å². The summed E-state index contributed by atoms with van der Waals surface area (Å²) in [4.78, 5) is 0. The maximum atomic E-state index is 9.26. The third kappa shape index (κ3) is 3.24. The van der Waals surface area contributed by atoms with Crippen molar-refractivity contribution < 1.29 is 9.84 Å². The highest BCUT2D eigenvalue weighted by atomic mass is 16.5. The minimum absolute atomic E-state index is 0.0560. The first-order valence-electron chi connectivity index (χ1n) is 5.79. The predicted octanol–water partition coefficient (Wildman–Crippen LogP) is 2.82. The van der Waals surface area contributed by atoms with Gasteiger partial charge in [-0.2, -0.15) is 0 Å². The van der Waals surface area contributed by atoms with E-state index in [1.54, 1.807) is 7.11 Å². The predicted molar refractivity (Wildman–Crippen MR) is 66.9 cm³/mol. The molecular formula is C14H22O2. The number of aliphatic hydroxyl groups excluding tert-OH is 1. The monoisotopic (exact) mass is 222 g/mol. The first-order valence-corrected chi connectivity index (χ1v) is 5.79. The Morgan fingerprint density at radius 2 is 2.00 bits per heavy atom. The minimum atomic E-state index is -0.0560. The van der Waals surface area contributed by atoms with Crippen LogP contribution >= 0.6 is 0 Å². The molecule has 0 aliphatic rings. The highest BCUT2D eigenvalue weighted by Gasteiger charge is 2.17. The highest BCUT2D eigenvalue weighted by Crippen LogP contribution is 2.25. The summed E-state index contributed by atoms with van der Waals surface area (Å²) in [6.07, 6.45) is 1.86. The lowest BCUT2D eigenvalue weighted by molar-refractivity contribution is 0.159. The summed E-state index contributed by atoms with van der Waals surface area (Å²) in [6, 6.07) is 6.27. The van der Waals surface area contributed by atoms with Crippen LogP contribution in [0.15, 0.2) is 18.2 Å². The number of aliphatic hydroxyl groups is 1. The van der Waals surface area contributed by atoms with E-state index in [-0.39, 0.29) is 12.0 Å². The summed E-state index contributed by atoms with van der Waals surface area (Å²) in [5.41, 5.74) is 2.44. The molecule has 0 aliphatic carbocycles. The van der Waals surface area contributed by atoms with Gasteiger partial charge in [-0.1, -0.05) is 32.9 Å². The van der Waals surface area contributed by atoms with Crippen molar-refractivity contribution in [3.8, 4) is 5.75 Å². The van der Waals surface area contributed by atoms with Gasteiger partial charge in [-0.25, -0.2) is 0 Å². The van der Waals surface area contributed by atoms with Crippen molar-refractivity contribution in [2.75, 3.05) is 13.7 Å². The molecule has 16 heavy (non-hydrogen) atoms. The van der Waals surface area contributed by atoms with Gasteiger partial charge in [0.1, 0.15) is 5.75 Å². The Morgan fingerprint density at radius 3 is 2.50 bits per heavy atom. The number of ether oxygens (including phenoxy) is 1. The number of rotatable bonds is 5. The molecule has 0 aliphatic heterocycles. The summed E-state index contributed by atoms with van der Waals surface area (Å²) in [5.74, 6) is 0.952. The fourth-order valence-electron chi connectivity index (χ4n) is 1.83. The Hall–Kier alpha value is -1.02. The zero-order chi connectivity index (χ0) is 12.2. The van der Waals surface area contributed by atoms with Crippen LogP contribution in [0.1, 0.15) is 31.9 Å². The number of aryl methyl sites for hydroxylation is 1. The van der Waals surface area contributed by atoms with Crippen molar-refractivity contribution in [2.45, 2.75) is 33.6 Å². The lowest BCUT2D eigenvalue weighted by Gasteiger charge is -2.22. The summed E-state index contributed by atoms with van der Waals surface area (Å²) < 4.78 is 5.30. The smallest absolute Gasteiger partial charge is 0.122 e. The van der Waals surface area contributed by atoms with Crippen LogP contribution in [-0.2, 0) is 12.8 Å².